The second kappa shape index (κ2) is 6.13. The van der Waals surface area contributed by atoms with Gasteiger partial charge in [0.1, 0.15) is 0 Å². The van der Waals surface area contributed by atoms with Crippen LogP contribution in [0.5, 0.6) is 0 Å². The average molecular weight is 338 g/mol. The Bertz CT molecular complexity index is 717. The highest BCUT2D eigenvalue weighted by molar-refractivity contribution is 7.92. The van der Waals surface area contributed by atoms with Crippen molar-refractivity contribution in [2.75, 3.05) is 36.8 Å². The predicted molar refractivity (Wildman–Crippen MR) is 88.3 cm³/mol. The number of anilines is 1. The van der Waals surface area contributed by atoms with E-state index in [1.54, 1.807) is 17.0 Å². The molecule has 1 aromatic rings. The third kappa shape index (κ3) is 3.35. The van der Waals surface area contributed by atoms with Crippen LogP contribution >= 0.6 is 0 Å². The number of carbonyl (C=O) groups excluding carboxylic acids is 1. The van der Waals surface area contributed by atoms with Crippen LogP contribution in [-0.4, -0.2) is 57.8 Å². The molecule has 2 aliphatic heterocycles. The summed E-state index contributed by atoms with van der Waals surface area (Å²) in [5.41, 5.74) is 2.24. The van der Waals surface area contributed by atoms with E-state index in [-0.39, 0.29) is 12.0 Å². The van der Waals surface area contributed by atoms with E-state index in [1.807, 2.05) is 13.0 Å². The maximum Gasteiger partial charge on any atom is 0.254 e. The topological polar surface area (TPSA) is 66.9 Å². The summed E-state index contributed by atoms with van der Waals surface area (Å²) in [4.78, 5) is 14.4. The average Bonchev–Trinajstić information content (AvgIpc) is 2.52. The SMILES string of the molecule is C[C@@H]1CN(C(=O)c2ccc3c(c2)CCCN3S(C)(=O)=O)CCO1. The molecule has 2 aliphatic rings. The standard InChI is InChI=1S/C16H22N2O4S/c1-12-11-17(8-9-22-12)16(19)14-5-6-15-13(10-14)4-3-7-18(15)23(2,20)21/h5-6,10,12H,3-4,7-9,11H2,1-2H3/t12-/m1/s1. The summed E-state index contributed by atoms with van der Waals surface area (Å²) in [6.45, 7) is 4.19. The molecule has 0 radical (unpaired) electrons. The number of fused-ring (bicyclic) bond motifs is 1. The van der Waals surface area contributed by atoms with Crippen LogP contribution in [0.2, 0.25) is 0 Å². The minimum atomic E-state index is -3.28. The van der Waals surface area contributed by atoms with Crippen LogP contribution in [0, 0.1) is 0 Å². The number of benzene rings is 1. The Hall–Kier alpha value is -1.60. The number of hydrogen-bond donors (Lipinski definition) is 0. The van der Waals surface area contributed by atoms with Gasteiger partial charge in [0, 0.05) is 25.2 Å². The van der Waals surface area contributed by atoms with Gasteiger partial charge in [0.2, 0.25) is 10.0 Å². The van der Waals surface area contributed by atoms with E-state index in [0.717, 1.165) is 18.4 Å². The molecule has 23 heavy (non-hydrogen) atoms. The van der Waals surface area contributed by atoms with Crippen molar-refractivity contribution < 1.29 is 17.9 Å². The Balaban J connectivity index is 1.87. The number of sulfonamides is 1. The maximum atomic E-state index is 12.6. The van der Waals surface area contributed by atoms with Crippen molar-refractivity contribution in [3.63, 3.8) is 0 Å². The Kier molecular flexibility index (Phi) is 4.33. The van der Waals surface area contributed by atoms with Gasteiger partial charge in [0.15, 0.2) is 0 Å². The van der Waals surface area contributed by atoms with Gasteiger partial charge in [-0.1, -0.05) is 0 Å². The lowest BCUT2D eigenvalue weighted by molar-refractivity contribution is -0.0124. The quantitative estimate of drug-likeness (QED) is 0.814. The Morgan fingerprint density at radius 3 is 2.78 bits per heavy atom. The number of nitrogens with zero attached hydrogens (tertiary/aromatic N) is 2. The molecule has 0 bridgehead atoms. The van der Waals surface area contributed by atoms with Gasteiger partial charge in [0.25, 0.3) is 5.91 Å². The molecule has 0 aliphatic carbocycles. The summed E-state index contributed by atoms with van der Waals surface area (Å²) < 4.78 is 30.7. The van der Waals surface area contributed by atoms with Crippen molar-refractivity contribution in [3.05, 3.63) is 29.3 Å². The van der Waals surface area contributed by atoms with Gasteiger partial charge in [-0.25, -0.2) is 8.42 Å². The van der Waals surface area contributed by atoms with Gasteiger partial charge < -0.3 is 9.64 Å². The van der Waals surface area contributed by atoms with E-state index in [0.29, 0.717) is 37.5 Å². The number of rotatable bonds is 2. The smallest absolute Gasteiger partial charge is 0.254 e. The van der Waals surface area contributed by atoms with E-state index in [1.165, 1.54) is 10.6 Å². The van der Waals surface area contributed by atoms with Crippen LogP contribution in [-0.2, 0) is 21.2 Å². The zero-order chi connectivity index (χ0) is 16.6. The highest BCUT2D eigenvalue weighted by atomic mass is 32.2. The van der Waals surface area contributed by atoms with Crippen molar-refractivity contribution >= 4 is 21.6 Å². The number of carbonyl (C=O) groups is 1. The van der Waals surface area contributed by atoms with Gasteiger partial charge in [-0.2, -0.15) is 0 Å². The Morgan fingerprint density at radius 2 is 2.09 bits per heavy atom. The summed E-state index contributed by atoms with van der Waals surface area (Å²) in [6, 6.07) is 5.33. The number of amides is 1. The first-order chi connectivity index (χ1) is 10.9. The van der Waals surface area contributed by atoms with Gasteiger partial charge in [-0.05, 0) is 43.5 Å². The van der Waals surface area contributed by atoms with Crippen LogP contribution in [0.1, 0.15) is 29.3 Å². The number of aryl methyl sites for hydroxylation is 1. The zero-order valence-corrected chi connectivity index (χ0v) is 14.3. The molecular formula is C16H22N2O4S. The molecule has 0 spiro atoms. The summed E-state index contributed by atoms with van der Waals surface area (Å²) in [7, 11) is -3.28. The third-order valence-electron chi connectivity index (χ3n) is 4.33. The minimum Gasteiger partial charge on any atom is -0.375 e. The van der Waals surface area contributed by atoms with Gasteiger partial charge in [0.05, 0.1) is 24.7 Å². The molecule has 0 aromatic heterocycles. The third-order valence-corrected chi connectivity index (χ3v) is 5.51. The molecule has 0 N–H and O–H groups in total. The highest BCUT2D eigenvalue weighted by Crippen LogP contribution is 2.30. The molecule has 1 aromatic carbocycles. The fraction of sp³-hybridized carbons (Fsp3) is 0.562. The molecule has 1 atom stereocenters. The largest absolute Gasteiger partial charge is 0.375 e. The lowest BCUT2D eigenvalue weighted by Crippen LogP contribution is -2.44. The molecule has 1 fully saturated rings. The summed E-state index contributed by atoms with van der Waals surface area (Å²) in [5.74, 6) is -0.0144. The molecule has 1 saturated heterocycles. The molecular weight excluding hydrogens is 316 g/mol. The Morgan fingerprint density at radius 1 is 1.30 bits per heavy atom. The van der Waals surface area contributed by atoms with Crippen LogP contribution in [0.15, 0.2) is 18.2 Å². The first-order valence-corrected chi connectivity index (χ1v) is 9.72. The molecule has 0 unspecified atom stereocenters. The van der Waals surface area contributed by atoms with E-state index >= 15 is 0 Å². The van der Waals surface area contributed by atoms with Crippen molar-refractivity contribution in [1.29, 1.82) is 0 Å². The first-order valence-electron chi connectivity index (χ1n) is 7.88. The molecule has 126 valence electrons. The van der Waals surface area contributed by atoms with Crippen molar-refractivity contribution in [1.82, 2.24) is 4.90 Å². The van der Waals surface area contributed by atoms with Crippen LogP contribution in [0.25, 0.3) is 0 Å². The number of ether oxygens (including phenoxy) is 1. The fourth-order valence-corrected chi connectivity index (χ4v) is 4.22. The molecule has 1 amide bonds. The first kappa shape index (κ1) is 16.3. The molecule has 6 nitrogen and oxygen atoms in total. The number of hydrogen-bond acceptors (Lipinski definition) is 4. The van der Waals surface area contributed by atoms with E-state index in [9.17, 15) is 13.2 Å². The second-order valence-electron chi connectivity index (χ2n) is 6.21. The Labute approximate surface area is 137 Å². The maximum absolute atomic E-state index is 12.6. The summed E-state index contributed by atoms with van der Waals surface area (Å²) in [6.07, 6.45) is 2.83. The summed E-state index contributed by atoms with van der Waals surface area (Å²) >= 11 is 0. The molecule has 0 saturated carbocycles. The number of morpholine rings is 1. The summed E-state index contributed by atoms with van der Waals surface area (Å²) in [5, 5.41) is 0. The lowest BCUT2D eigenvalue weighted by Gasteiger charge is -2.32. The minimum absolute atomic E-state index is 0.0144. The van der Waals surface area contributed by atoms with Gasteiger partial charge >= 0.3 is 0 Å². The van der Waals surface area contributed by atoms with Gasteiger partial charge in [-0.15, -0.1) is 0 Å². The van der Waals surface area contributed by atoms with Gasteiger partial charge in [-0.3, -0.25) is 9.10 Å². The van der Waals surface area contributed by atoms with E-state index in [4.69, 9.17) is 4.74 Å². The zero-order valence-electron chi connectivity index (χ0n) is 13.5. The van der Waals surface area contributed by atoms with E-state index in [2.05, 4.69) is 0 Å². The monoisotopic (exact) mass is 338 g/mol. The van der Waals surface area contributed by atoms with Crippen LogP contribution < -0.4 is 4.31 Å². The highest BCUT2D eigenvalue weighted by Gasteiger charge is 2.27. The van der Waals surface area contributed by atoms with Crippen molar-refractivity contribution in [2.24, 2.45) is 0 Å². The molecule has 7 heteroatoms. The van der Waals surface area contributed by atoms with E-state index < -0.39 is 10.0 Å². The normalized spacial score (nSPS) is 21.9. The lowest BCUT2D eigenvalue weighted by atomic mass is 10.00. The van der Waals surface area contributed by atoms with Crippen LogP contribution in [0.3, 0.4) is 0 Å². The molecule has 3 rings (SSSR count). The fourth-order valence-electron chi connectivity index (χ4n) is 3.23. The van der Waals surface area contributed by atoms with Crippen molar-refractivity contribution in [2.45, 2.75) is 25.9 Å². The molecule has 2 heterocycles. The predicted octanol–water partition coefficient (Wildman–Crippen LogP) is 1.26. The van der Waals surface area contributed by atoms with Crippen LogP contribution in [0.4, 0.5) is 5.69 Å². The second-order valence-corrected chi connectivity index (χ2v) is 8.12. The van der Waals surface area contributed by atoms with Crippen molar-refractivity contribution in [3.8, 4) is 0 Å².